The van der Waals surface area contributed by atoms with Gasteiger partial charge in [-0.2, -0.15) is 0 Å². The molecule has 3 rings (SSSR count). The van der Waals surface area contributed by atoms with Gasteiger partial charge < -0.3 is 15.6 Å². The standard InChI is InChI=1S/C16H21N5O/c22-16(20-8-4-14-10-18-11-21-14)15-9-13(3-7-19-15)12-1-5-17-6-2-12/h3,7,9-12,17H,1-2,4-6,8H2,(H,18,21)(H,20,22). The topological polar surface area (TPSA) is 82.7 Å². The van der Waals surface area contributed by atoms with Crippen LogP contribution < -0.4 is 10.6 Å². The molecule has 0 aliphatic carbocycles. The SMILES string of the molecule is O=C(NCCc1cnc[nH]1)c1cc(C2CCNCC2)ccn1. The maximum Gasteiger partial charge on any atom is 0.269 e. The Morgan fingerprint density at radius 1 is 1.36 bits per heavy atom. The van der Waals surface area contributed by atoms with Crippen LogP contribution in [0, 0.1) is 0 Å². The Labute approximate surface area is 129 Å². The van der Waals surface area contributed by atoms with E-state index in [0.29, 0.717) is 18.2 Å². The number of imidazole rings is 1. The van der Waals surface area contributed by atoms with Crippen molar-refractivity contribution in [1.82, 2.24) is 25.6 Å². The molecule has 3 heterocycles. The second-order valence-electron chi connectivity index (χ2n) is 5.58. The number of pyridine rings is 1. The molecular formula is C16H21N5O. The van der Waals surface area contributed by atoms with Crippen molar-refractivity contribution in [2.24, 2.45) is 0 Å². The number of amides is 1. The van der Waals surface area contributed by atoms with E-state index in [1.165, 1.54) is 5.56 Å². The van der Waals surface area contributed by atoms with E-state index < -0.39 is 0 Å². The van der Waals surface area contributed by atoms with Gasteiger partial charge in [0.25, 0.3) is 5.91 Å². The summed E-state index contributed by atoms with van der Waals surface area (Å²) in [6.45, 7) is 2.65. The molecule has 0 unspecified atom stereocenters. The lowest BCUT2D eigenvalue weighted by molar-refractivity contribution is 0.0949. The van der Waals surface area contributed by atoms with E-state index >= 15 is 0 Å². The molecule has 22 heavy (non-hydrogen) atoms. The summed E-state index contributed by atoms with van der Waals surface area (Å²) in [7, 11) is 0. The number of aromatic nitrogens is 3. The zero-order chi connectivity index (χ0) is 15.2. The predicted octanol–water partition coefficient (Wildman–Crippen LogP) is 1.24. The Kier molecular flexibility index (Phi) is 4.80. The van der Waals surface area contributed by atoms with Gasteiger partial charge in [0, 0.05) is 31.1 Å². The van der Waals surface area contributed by atoms with E-state index in [4.69, 9.17) is 0 Å². The van der Waals surface area contributed by atoms with Crippen molar-refractivity contribution >= 4 is 5.91 Å². The lowest BCUT2D eigenvalue weighted by Gasteiger charge is -2.23. The second kappa shape index (κ2) is 7.17. The second-order valence-corrected chi connectivity index (χ2v) is 5.58. The van der Waals surface area contributed by atoms with Crippen molar-refractivity contribution in [3.8, 4) is 0 Å². The fourth-order valence-electron chi connectivity index (χ4n) is 2.80. The van der Waals surface area contributed by atoms with Gasteiger partial charge in [0.2, 0.25) is 0 Å². The number of carbonyl (C=O) groups excluding carboxylic acids is 1. The van der Waals surface area contributed by atoms with Crippen molar-refractivity contribution in [2.75, 3.05) is 19.6 Å². The summed E-state index contributed by atoms with van der Waals surface area (Å²) >= 11 is 0. The van der Waals surface area contributed by atoms with Gasteiger partial charge >= 0.3 is 0 Å². The van der Waals surface area contributed by atoms with Gasteiger partial charge in [-0.25, -0.2) is 4.98 Å². The average molecular weight is 299 g/mol. The summed E-state index contributed by atoms with van der Waals surface area (Å²) in [5, 5.41) is 6.27. The molecule has 1 saturated heterocycles. The van der Waals surface area contributed by atoms with Crippen LogP contribution in [0.3, 0.4) is 0 Å². The molecular weight excluding hydrogens is 278 g/mol. The number of piperidine rings is 1. The number of hydrogen-bond acceptors (Lipinski definition) is 4. The number of nitrogens with one attached hydrogen (secondary N) is 3. The van der Waals surface area contributed by atoms with Gasteiger partial charge in [0.05, 0.1) is 6.33 Å². The summed E-state index contributed by atoms with van der Waals surface area (Å²) in [4.78, 5) is 23.4. The van der Waals surface area contributed by atoms with E-state index in [9.17, 15) is 4.79 Å². The van der Waals surface area contributed by atoms with E-state index in [2.05, 4.69) is 25.6 Å². The zero-order valence-corrected chi connectivity index (χ0v) is 12.5. The summed E-state index contributed by atoms with van der Waals surface area (Å²) in [6.07, 6.45) is 8.11. The van der Waals surface area contributed by atoms with E-state index in [1.54, 1.807) is 18.7 Å². The Morgan fingerprint density at radius 2 is 2.23 bits per heavy atom. The molecule has 0 saturated carbocycles. The number of nitrogens with zero attached hydrogens (tertiary/aromatic N) is 2. The quantitative estimate of drug-likeness (QED) is 0.776. The van der Waals surface area contributed by atoms with Crippen LogP contribution in [0.2, 0.25) is 0 Å². The number of carbonyl (C=O) groups is 1. The van der Waals surface area contributed by atoms with Crippen LogP contribution in [0.5, 0.6) is 0 Å². The lowest BCUT2D eigenvalue weighted by Crippen LogP contribution is -2.28. The maximum absolute atomic E-state index is 12.2. The fraction of sp³-hybridized carbons (Fsp3) is 0.438. The molecule has 1 aliphatic rings. The van der Waals surface area contributed by atoms with Gasteiger partial charge in [-0.3, -0.25) is 9.78 Å². The fourth-order valence-corrected chi connectivity index (χ4v) is 2.80. The van der Waals surface area contributed by atoms with Crippen molar-refractivity contribution in [1.29, 1.82) is 0 Å². The molecule has 0 aromatic carbocycles. The molecule has 6 nitrogen and oxygen atoms in total. The first-order valence-corrected chi connectivity index (χ1v) is 7.75. The molecule has 1 aliphatic heterocycles. The summed E-state index contributed by atoms with van der Waals surface area (Å²) in [6, 6.07) is 3.96. The number of H-pyrrole nitrogens is 1. The van der Waals surface area contributed by atoms with Gasteiger partial charge in [-0.1, -0.05) is 0 Å². The van der Waals surface area contributed by atoms with Crippen LogP contribution in [-0.2, 0) is 6.42 Å². The average Bonchev–Trinajstić information content (AvgIpc) is 3.09. The van der Waals surface area contributed by atoms with E-state index in [0.717, 1.165) is 38.0 Å². The molecule has 3 N–H and O–H groups in total. The largest absolute Gasteiger partial charge is 0.350 e. The third-order valence-electron chi connectivity index (χ3n) is 4.06. The van der Waals surface area contributed by atoms with Crippen LogP contribution >= 0.6 is 0 Å². The summed E-state index contributed by atoms with van der Waals surface area (Å²) in [5.41, 5.74) is 2.73. The Bertz CT molecular complexity index is 605. The highest BCUT2D eigenvalue weighted by Crippen LogP contribution is 2.24. The van der Waals surface area contributed by atoms with Crippen molar-refractivity contribution < 1.29 is 4.79 Å². The van der Waals surface area contributed by atoms with Gasteiger partial charge in [-0.15, -0.1) is 0 Å². The van der Waals surface area contributed by atoms with Crippen molar-refractivity contribution in [3.63, 3.8) is 0 Å². The van der Waals surface area contributed by atoms with Crippen LogP contribution in [0.1, 0.15) is 40.5 Å². The minimum absolute atomic E-state index is 0.115. The number of rotatable bonds is 5. The monoisotopic (exact) mass is 299 g/mol. The van der Waals surface area contributed by atoms with Gasteiger partial charge in [0.15, 0.2) is 0 Å². The molecule has 0 bridgehead atoms. The molecule has 0 radical (unpaired) electrons. The van der Waals surface area contributed by atoms with Gasteiger partial charge in [0.1, 0.15) is 5.69 Å². The molecule has 0 spiro atoms. The Hall–Kier alpha value is -2.21. The molecule has 6 heteroatoms. The first kappa shape index (κ1) is 14.7. The highest BCUT2D eigenvalue weighted by Gasteiger charge is 2.17. The van der Waals surface area contributed by atoms with Crippen LogP contribution in [0.4, 0.5) is 0 Å². The first-order chi connectivity index (χ1) is 10.8. The molecule has 116 valence electrons. The molecule has 1 fully saturated rings. The maximum atomic E-state index is 12.2. The minimum Gasteiger partial charge on any atom is -0.350 e. The summed E-state index contributed by atoms with van der Waals surface area (Å²) in [5.74, 6) is 0.413. The number of aromatic amines is 1. The third kappa shape index (κ3) is 3.71. The van der Waals surface area contributed by atoms with Crippen LogP contribution in [0.25, 0.3) is 0 Å². The first-order valence-electron chi connectivity index (χ1n) is 7.75. The highest BCUT2D eigenvalue weighted by atomic mass is 16.1. The molecule has 1 amide bonds. The van der Waals surface area contributed by atoms with Crippen molar-refractivity contribution in [2.45, 2.75) is 25.2 Å². The lowest BCUT2D eigenvalue weighted by atomic mass is 9.90. The van der Waals surface area contributed by atoms with E-state index in [-0.39, 0.29) is 5.91 Å². The Morgan fingerprint density at radius 3 is 3.00 bits per heavy atom. The molecule has 2 aromatic rings. The minimum atomic E-state index is -0.115. The molecule has 2 aromatic heterocycles. The zero-order valence-electron chi connectivity index (χ0n) is 12.5. The van der Waals surface area contributed by atoms with Crippen LogP contribution in [-0.4, -0.2) is 40.5 Å². The van der Waals surface area contributed by atoms with E-state index in [1.807, 2.05) is 12.1 Å². The predicted molar refractivity (Wildman–Crippen MR) is 83.7 cm³/mol. The highest BCUT2D eigenvalue weighted by molar-refractivity contribution is 5.92. The smallest absolute Gasteiger partial charge is 0.269 e. The third-order valence-corrected chi connectivity index (χ3v) is 4.06. The van der Waals surface area contributed by atoms with Crippen molar-refractivity contribution in [3.05, 3.63) is 47.8 Å². The molecule has 0 atom stereocenters. The van der Waals surface area contributed by atoms with Gasteiger partial charge in [-0.05, 0) is 49.5 Å². The number of hydrogen-bond donors (Lipinski definition) is 3. The normalized spacial score (nSPS) is 15.6. The summed E-state index contributed by atoms with van der Waals surface area (Å²) < 4.78 is 0. The van der Waals surface area contributed by atoms with Crippen LogP contribution in [0.15, 0.2) is 30.9 Å². The Balaban J connectivity index is 1.57.